The quantitative estimate of drug-likeness (QED) is 0.363. The molecule has 0 radical (unpaired) electrons. The third-order valence-electron chi connectivity index (χ3n) is 5.74. The van der Waals surface area contributed by atoms with E-state index in [-0.39, 0.29) is 24.1 Å². The number of pyridine rings is 1. The lowest BCUT2D eigenvalue weighted by Crippen LogP contribution is -2.46. The third-order valence-corrected chi connectivity index (χ3v) is 5.74. The molecule has 5 rings (SSSR count). The van der Waals surface area contributed by atoms with E-state index in [1.807, 2.05) is 18.3 Å². The number of aromatic nitrogens is 2. The van der Waals surface area contributed by atoms with Gasteiger partial charge in [0.15, 0.2) is 11.7 Å². The molecule has 3 aromatic rings. The number of hydrogen-bond acceptors (Lipinski definition) is 4. The van der Waals surface area contributed by atoms with Crippen LogP contribution in [0.5, 0.6) is 0 Å². The van der Waals surface area contributed by atoms with Gasteiger partial charge in [0.1, 0.15) is 0 Å². The van der Waals surface area contributed by atoms with Crippen molar-refractivity contribution in [1.29, 1.82) is 5.41 Å². The fourth-order valence-corrected chi connectivity index (χ4v) is 4.17. The Morgan fingerprint density at radius 1 is 1.06 bits per heavy atom. The molecule has 2 bridgehead atoms. The van der Waals surface area contributed by atoms with Gasteiger partial charge in [-0.2, -0.15) is 0 Å². The van der Waals surface area contributed by atoms with Crippen molar-refractivity contribution in [3.8, 4) is 0 Å². The van der Waals surface area contributed by atoms with Gasteiger partial charge in [0.2, 0.25) is 0 Å². The number of urea groups is 1. The maximum Gasteiger partial charge on any atom is 0.323 e. The highest BCUT2D eigenvalue weighted by atomic mass is 16.5. The Morgan fingerprint density at radius 2 is 1.82 bits per heavy atom. The summed E-state index contributed by atoms with van der Waals surface area (Å²) in [4.78, 5) is 26.3. The van der Waals surface area contributed by atoms with Crippen LogP contribution in [0.4, 0.5) is 16.2 Å². The van der Waals surface area contributed by atoms with E-state index < -0.39 is 0 Å². The molecule has 168 valence electrons. The number of nitrogens with one attached hydrogen (secondary N) is 4. The van der Waals surface area contributed by atoms with E-state index >= 15 is 0 Å². The number of carbonyl (C=O) groups is 1. The van der Waals surface area contributed by atoms with Gasteiger partial charge in [-0.3, -0.25) is 10.4 Å². The van der Waals surface area contributed by atoms with Gasteiger partial charge < -0.3 is 25.3 Å². The van der Waals surface area contributed by atoms with Crippen LogP contribution < -0.4 is 10.6 Å². The van der Waals surface area contributed by atoms with Gasteiger partial charge in [0.25, 0.3) is 0 Å². The number of amides is 2. The Balaban J connectivity index is 1.29. The zero-order valence-electron chi connectivity index (χ0n) is 18.0. The third kappa shape index (κ3) is 4.93. The maximum atomic E-state index is 12.2. The fourth-order valence-electron chi connectivity index (χ4n) is 4.17. The lowest BCUT2D eigenvalue weighted by molar-refractivity contribution is -0.0155. The van der Waals surface area contributed by atoms with Crippen LogP contribution in [0.15, 0.2) is 72.1 Å². The van der Waals surface area contributed by atoms with Crippen molar-refractivity contribution in [2.75, 3.05) is 23.7 Å². The van der Waals surface area contributed by atoms with E-state index in [4.69, 9.17) is 10.1 Å². The highest BCUT2D eigenvalue weighted by Crippen LogP contribution is 2.27. The zero-order valence-corrected chi connectivity index (χ0v) is 18.0. The SMILES string of the molecule is N=C(N=C(c1ccc[nH]1)N1CC2CC[C@H](C1)O2)c1ccc(NC(=O)Nc2cccnc2)cc1. The van der Waals surface area contributed by atoms with E-state index in [0.717, 1.165) is 37.5 Å². The highest BCUT2D eigenvalue weighted by molar-refractivity contribution is 6.10. The largest absolute Gasteiger partial charge is 0.371 e. The number of likely N-dealkylation sites (tertiary alicyclic amines) is 1. The van der Waals surface area contributed by atoms with Crippen LogP contribution in [0.1, 0.15) is 24.1 Å². The topological polar surface area (TPSA) is 118 Å². The molecule has 2 aromatic heterocycles. The van der Waals surface area contributed by atoms with Gasteiger partial charge in [0, 0.05) is 36.7 Å². The minimum absolute atomic E-state index is 0.157. The van der Waals surface area contributed by atoms with Crippen molar-refractivity contribution in [2.24, 2.45) is 4.99 Å². The number of aromatic amines is 1. The number of aliphatic imine (C=N–C) groups is 1. The minimum atomic E-state index is -0.361. The van der Waals surface area contributed by atoms with Crippen molar-refractivity contribution >= 4 is 29.1 Å². The number of carbonyl (C=O) groups excluding carboxylic acids is 1. The monoisotopic (exact) mass is 443 g/mol. The number of ether oxygens (including phenoxy) is 1. The van der Waals surface area contributed by atoms with Crippen LogP contribution >= 0.6 is 0 Å². The first-order valence-electron chi connectivity index (χ1n) is 10.9. The summed E-state index contributed by atoms with van der Waals surface area (Å²) < 4.78 is 5.96. The van der Waals surface area contributed by atoms with Crippen LogP contribution in [0, 0.1) is 5.41 Å². The number of nitrogens with zero attached hydrogens (tertiary/aromatic N) is 3. The van der Waals surface area contributed by atoms with Crippen LogP contribution in [0.25, 0.3) is 0 Å². The summed E-state index contributed by atoms with van der Waals surface area (Å²) in [6, 6.07) is 14.1. The number of amidine groups is 2. The number of fused-ring (bicyclic) bond motifs is 2. The smallest absolute Gasteiger partial charge is 0.323 e. The molecule has 33 heavy (non-hydrogen) atoms. The van der Waals surface area contributed by atoms with Gasteiger partial charge in [-0.1, -0.05) is 0 Å². The molecule has 1 unspecified atom stereocenters. The average Bonchev–Trinajstić information content (AvgIpc) is 3.48. The van der Waals surface area contributed by atoms with E-state index in [2.05, 4.69) is 30.5 Å². The van der Waals surface area contributed by atoms with E-state index in [9.17, 15) is 4.79 Å². The molecule has 0 saturated carbocycles. The van der Waals surface area contributed by atoms with Crippen LogP contribution in [-0.2, 0) is 4.74 Å². The zero-order chi connectivity index (χ0) is 22.6. The second kappa shape index (κ2) is 9.25. The van der Waals surface area contributed by atoms with Gasteiger partial charge in [0.05, 0.1) is 29.8 Å². The van der Waals surface area contributed by atoms with Crippen molar-refractivity contribution in [3.05, 3.63) is 78.4 Å². The van der Waals surface area contributed by atoms with Crippen LogP contribution in [0.2, 0.25) is 0 Å². The number of benzene rings is 1. The molecule has 1 aromatic carbocycles. The lowest BCUT2D eigenvalue weighted by atomic mass is 10.2. The van der Waals surface area contributed by atoms with Gasteiger partial charge in [-0.05, 0) is 61.4 Å². The second-order valence-corrected chi connectivity index (χ2v) is 8.13. The van der Waals surface area contributed by atoms with Gasteiger partial charge in [-0.25, -0.2) is 9.79 Å². The number of H-pyrrole nitrogens is 1. The molecule has 4 N–H and O–H groups in total. The first kappa shape index (κ1) is 20.9. The molecule has 9 nitrogen and oxygen atoms in total. The molecule has 0 aliphatic carbocycles. The Kier molecular flexibility index (Phi) is 5.86. The Labute approximate surface area is 191 Å². The molecule has 0 spiro atoms. The molecule has 9 heteroatoms. The average molecular weight is 444 g/mol. The summed E-state index contributed by atoms with van der Waals surface area (Å²) >= 11 is 0. The Morgan fingerprint density at radius 3 is 2.48 bits per heavy atom. The predicted octanol–water partition coefficient (Wildman–Crippen LogP) is 3.69. The van der Waals surface area contributed by atoms with Gasteiger partial charge in [-0.15, -0.1) is 0 Å². The van der Waals surface area contributed by atoms with E-state index in [0.29, 0.717) is 16.9 Å². The molecule has 2 saturated heterocycles. The lowest BCUT2D eigenvalue weighted by Gasteiger charge is -2.34. The molecule has 2 aliphatic heterocycles. The first-order valence-corrected chi connectivity index (χ1v) is 10.9. The Hall–Kier alpha value is -3.98. The molecular weight excluding hydrogens is 418 g/mol. The molecule has 4 heterocycles. The van der Waals surface area contributed by atoms with Crippen LogP contribution in [-0.4, -0.2) is 57.9 Å². The summed E-state index contributed by atoms with van der Waals surface area (Å²) in [6.07, 6.45) is 7.66. The van der Waals surface area contributed by atoms with Crippen molar-refractivity contribution in [2.45, 2.75) is 25.0 Å². The standard InChI is InChI=1S/C24H25N7O2/c25-22(16-5-7-17(8-6-16)28-24(32)29-18-3-1-11-26-13-18)30-23(21-4-2-12-27-21)31-14-19-9-10-20(15-31)33-19/h1-8,11-13,19-20,25,27H,9-10,14-15H2,(H2,28,29,32)/t19-,20?/m1/s1. The number of morpholine rings is 1. The molecular formula is C24H25N7O2. The van der Waals surface area contributed by atoms with Gasteiger partial charge >= 0.3 is 6.03 Å². The first-order chi connectivity index (χ1) is 16.1. The normalized spacial score (nSPS) is 19.9. The summed E-state index contributed by atoms with van der Waals surface area (Å²) in [5.41, 5.74) is 2.77. The molecule has 2 amide bonds. The summed E-state index contributed by atoms with van der Waals surface area (Å²) in [5.74, 6) is 0.910. The molecule has 2 fully saturated rings. The second-order valence-electron chi connectivity index (χ2n) is 8.13. The molecule has 2 aliphatic rings. The Bertz CT molecular complexity index is 1130. The maximum absolute atomic E-state index is 12.2. The van der Waals surface area contributed by atoms with Crippen molar-refractivity contribution in [3.63, 3.8) is 0 Å². The van der Waals surface area contributed by atoms with Crippen LogP contribution in [0.3, 0.4) is 0 Å². The van der Waals surface area contributed by atoms with Crippen molar-refractivity contribution < 1.29 is 9.53 Å². The van der Waals surface area contributed by atoms with E-state index in [1.165, 1.54) is 0 Å². The number of rotatable bonds is 4. The summed E-state index contributed by atoms with van der Waals surface area (Å²) in [6.45, 7) is 1.55. The van der Waals surface area contributed by atoms with Crippen molar-refractivity contribution in [1.82, 2.24) is 14.9 Å². The number of hydrogen-bond donors (Lipinski definition) is 4. The minimum Gasteiger partial charge on any atom is -0.371 e. The fraction of sp³-hybridized carbons (Fsp3) is 0.250. The van der Waals surface area contributed by atoms with E-state index in [1.54, 1.807) is 48.8 Å². The summed E-state index contributed by atoms with van der Waals surface area (Å²) in [7, 11) is 0. The number of anilines is 2. The molecule has 2 atom stereocenters. The highest BCUT2D eigenvalue weighted by Gasteiger charge is 2.35. The summed E-state index contributed by atoms with van der Waals surface area (Å²) in [5, 5.41) is 14.1. The predicted molar refractivity (Wildman–Crippen MR) is 127 cm³/mol.